The Morgan fingerprint density at radius 2 is 1.64 bits per heavy atom. The maximum atomic E-state index is 12.1. The summed E-state index contributed by atoms with van der Waals surface area (Å²) in [5.41, 5.74) is 2.09. The number of hydrogen-bond donors (Lipinski definition) is 5. The smallest absolute Gasteiger partial charge is 0.475 e. The number of carbonyl (C=O) groups excluding carboxylic acids is 3. The number of morpholine rings is 1. The molecule has 12 heteroatoms. The van der Waals surface area contributed by atoms with Crippen LogP contribution in [0.3, 0.4) is 0 Å². The zero-order chi connectivity index (χ0) is 28.6. The number of hydrogen-bond acceptors (Lipinski definition) is 8. The summed E-state index contributed by atoms with van der Waals surface area (Å²) in [6, 6.07) is 16.2. The van der Waals surface area contributed by atoms with E-state index in [2.05, 4.69) is 22.9 Å². The fraction of sp³-hybridized carbons (Fsp3) is 0.444. The predicted octanol–water partition coefficient (Wildman–Crippen LogP) is -0.317. The lowest BCUT2D eigenvalue weighted by Crippen LogP contribution is -2.53. The minimum absolute atomic E-state index is 0.178. The summed E-state index contributed by atoms with van der Waals surface area (Å²) in [4.78, 5) is 38.2. The monoisotopic (exact) mass is 542 g/mol. The van der Waals surface area contributed by atoms with Gasteiger partial charge in [-0.05, 0) is 38.0 Å². The van der Waals surface area contributed by atoms with Crippen LogP contribution >= 0.6 is 0 Å². The first kappa shape index (κ1) is 31.8. The largest absolute Gasteiger partial charge is 0.497 e. The van der Waals surface area contributed by atoms with Crippen molar-refractivity contribution in [2.75, 3.05) is 46.5 Å². The second kappa shape index (κ2) is 17.2. The van der Waals surface area contributed by atoms with E-state index in [1.165, 1.54) is 12.5 Å². The van der Waals surface area contributed by atoms with Gasteiger partial charge in [0.2, 0.25) is 17.7 Å². The van der Waals surface area contributed by atoms with Crippen molar-refractivity contribution in [2.45, 2.75) is 32.3 Å². The van der Waals surface area contributed by atoms with E-state index in [1.54, 1.807) is 7.11 Å². The van der Waals surface area contributed by atoms with Crippen LogP contribution in [0.15, 0.2) is 54.6 Å². The molecule has 2 aromatic carbocycles. The second-order valence-corrected chi connectivity index (χ2v) is 9.19. The van der Waals surface area contributed by atoms with Crippen molar-refractivity contribution < 1.29 is 33.9 Å². The van der Waals surface area contributed by atoms with Gasteiger partial charge in [0.15, 0.2) is 0 Å². The van der Waals surface area contributed by atoms with E-state index in [1.807, 2.05) is 59.5 Å². The molecule has 5 N–H and O–H groups in total. The molecule has 0 bridgehead atoms. The molecule has 212 valence electrons. The van der Waals surface area contributed by atoms with Crippen molar-refractivity contribution in [3.8, 4) is 5.75 Å². The molecular weight excluding hydrogens is 503 g/mol. The van der Waals surface area contributed by atoms with Crippen LogP contribution in [0, 0.1) is 6.92 Å². The van der Waals surface area contributed by atoms with Gasteiger partial charge in [0.25, 0.3) is 0 Å². The molecule has 2 atom stereocenters. The third-order valence-electron chi connectivity index (χ3n) is 5.93. The highest BCUT2D eigenvalue weighted by Gasteiger charge is 2.26. The highest BCUT2D eigenvalue weighted by Crippen LogP contribution is 2.09. The Kier molecular flexibility index (Phi) is 14.0. The van der Waals surface area contributed by atoms with Crippen molar-refractivity contribution in [3.63, 3.8) is 0 Å². The summed E-state index contributed by atoms with van der Waals surface area (Å²) in [6.07, 6.45) is 0.228. The zero-order valence-electron chi connectivity index (χ0n) is 22.8. The molecule has 1 fully saturated rings. The maximum Gasteiger partial charge on any atom is 0.475 e. The summed E-state index contributed by atoms with van der Waals surface area (Å²) < 4.78 is 10.2. The lowest BCUT2D eigenvalue weighted by atomic mass is 9.76. The van der Waals surface area contributed by atoms with Gasteiger partial charge in [-0.2, -0.15) is 0 Å². The molecule has 11 nitrogen and oxygen atoms in total. The number of nitrogens with one attached hydrogen (secondary N) is 3. The van der Waals surface area contributed by atoms with Crippen molar-refractivity contribution in [3.05, 3.63) is 65.7 Å². The molecule has 3 rings (SSSR count). The number of ether oxygens (including phenoxy) is 2. The summed E-state index contributed by atoms with van der Waals surface area (Å²) in [5.74, 6) is -1.35. The Bertz CT molecular complexity index is 1020. The molecule has 0 spiro atoms. The minimum Gasteiger partial charge on any atom is -0.497 e. The first-order valence-electron chi connectivity index (χ1n) is 12.8. The average molecular weight is 542 g/mol. The maximum absolute atomic E-state index is 12.1. The van der Waals surface area contributed by atoms with Crippen LogP contribution in [0.1, 0.15) is 18.1 Å². The number of methoxy groups -OCH3 is 1. The van der Waals surface area contributed by atoms with Crippen molar-refractivity contribution in [1.29, 1.82) is 0 Å². The first-order valence-corrected chi connectivity index (χ1v) is 12.8. The lowest BCUT2D eigenvalue weighted by molar-refractivity contribution is -0.130. The molecule has 0 aromatic heterocycles. The molecule has 3 amide bonds. The van der Waals surface area contributed by atoms with Gasteiger partial charge in [0, 0.05) is 13.1 Å². The van der Waals surface area contributed by atoms with E-state index in [0.29, 0.717) is 26.3 Å². The molecule has 0 aliphatic carbocycles. The summed E-state index contributed by atoms with van der Waals surface area (Å²) in [7, 11) is -0.0757. The molecule has 0 saturated carbocycles. The second-order valence-electron chi connectivity index (χ2n) is 9.19. The van der Waals surface area contributed by atoms with Crippen LogP contribution in [-0.4, -0.2) is 98.3 Å². The number of nitrogens with zero attached hydrogens (tertiary/aromatic N) is 1. The van der Waals surface area contributed by atoms with Gasteiger partial charge in [0.1, 0.15) is 11.8 Å². The Labute approximate surface area is 230 Å². The van der Waals surface area contributed by atoms with Crippen molar-refractivity contribution in [1.82, 2.24) is 20.9 Å². The van der Waals surface area contributed by atoms with E-state index >= 15 is 0 Å². The van der Waals surface area contributed by atoms with Crippen LogP contribution in [0.4, 0.5) is 0 Å². The molecule has 39 heavy (non-hydrogen) atoms. The summed E-state index contributed by atoms with van der Waals surface area (Å²) in [5, 5.41) is 26.6. The van der Waals surface area contributed by atoms with Crippen molar-refractivity contribution >= 4 is 24.8 Å². The fourth-order valence-corrected chi connectivity index (χ4v) is 3.67. The number of carbonyl (C=O) groups is 3. The SMILES string of the molecule is CC(NC(=O)CN1CCOCC1)C(=O)NCC(=O)NC(Cc1ccccc1)B(O)O.COc1ccc(C)cc1. The van der Waals surface area contributed by atoms with Gasteiger partial charge < -0.3 is 35.5 Å². The highest BCUT2D eigenvalue weighted by atomic mass is 16.5. The summed E-state index contributed by atoms with van der Waals surface area (Å²) >= 11 is 0. The molecule has 1 aliphatic heterocycles. The Morgan fingerprint density at radius 3 is 2.23 bits per heavy atom. The Hall–Kier alpha value is -3.45. The average Bonchev–Trinajstić information content (AvgIpc) is 2.93. The standard InChI is InChI=1S/C19H29BN4O6.C8H10O/c1-14(22-18(26)13-24-7-9-30-10-8-24)19(27)21-12-17(25)23-16(20(28)29)11-15-5-3-2-4-6-15;1-7-3-5-8(9-2)6-4-7/h2-6,14,16,28-29H,7-13H2,1H3,(H,21,27)(H,22,26)(H,23,25);3-6H,1-2H3. The van der Waals surface area contributed by atoms with E-state index in [4.69, 9.17) is 9.47 Å². The lowest BCUT2D eigenvalue weighted by Gasteiger charge is -2.26. The van der Waals surface area contributed by atoms with E-state index in [9.17, 15) is 24.4 Å². The molecule has 0 radical (unpaired) electrons. The van der Waals surface area contributed by atoms with E-state index < -0.39 is 30.9 Å². The number of benzene rings is 2. The molecule has 1 aliphatic rings. The van der Waals surface area contributed by atoms with Crippen LogP contribution in [0.5, 0.6) is 5.75 Å². The van der Waals surface area contributed by atoms with Gasteiger partial charge in [0.05, 0.1) is 39.4 Å². The van der Waals surface area contributed by atoms with Gasteiger partial charge in [-0.3, -0.25) is 19.3 Å². The van der Waals surface area contributed by atoms with Crippen LogP contribution in [-0.2, 0) is 25.5 Å². The molecule has 1 heterocycles. The summed E-state index contributed by atoms with van der Waals surface area (Å²) in [6.45, 7) is 5.89. The number of amides is 3. The van der Waals surface area contributed by atoms with Crippen LogP contribution in [0.2, 0.25) is 0 Å². The quantitative estimate of drug-likeness (QED) is 0.243. The van der Waals surface area contributed by atoms with Crippen molar-refractivity contribution in [2.24, 2.45) is 0 Å². The number of rotatable bonds is 11. The Balaban J connectivity index is 0.000000499. The Morgan fingerprint density at radius 1 is 1.00 bits per heavy atom. The van der Waals surface area contributed by atoms with E-state index in [-0.39, 0.29) is 25.4 Å². The molecule has 2 aromatic rings. The fourth-order valence-electron chi connectivity index (χ4n) is 3.67. The third-order valence-corrected chi connectivity index (χ3v) is 5.93. The topological polar surface area (TPSA) is 149 Å². The molecular formula is C27H39BN4O7. The zero-order valence-corrected chi connectivity index (χ0v) is 22.8. The van der Waals surface area contributed by atoms with Gasteiger partial charge in [-0.25, -0.2) is 0 Å². The molecule has 1 saturated heterocycles. The van der Waals surface area contributed by atoms with Gasteiger partial charge in [-0.1, -0.05) is 48.0 Å². The van der Waals surface area contributed by atoms with E-state index in [0.717, 1.165) is 11.3 Å². The number of aryl methyl sites for hydroxylation is 1. The predicted molar refractivity (Wildman–Crippen MR) is 148 cm³/mol. The van der Waals surface area contributed by atoms with Crippen LogP contribution < -0.4 is 20.7 Å². The van der Waals surface area contributed by atoms with Gasteiger partial charge in [-0.15, -0.1) is 0 Å². The highest BCUT2D eigenvalue weighted by molar-refractivity contribution is 6.43. The normalized spacial score (nSPS) is 14.6. The third kappa shape index (κ3) is 12.8. The molecule has 2 unspecified atom stereocenters. The minimum atomic E-state index is -1.75. The van der Waals surface area contributed by atoms with Crippen LogP contribution in [0.25, 0.3) is 0 Å². The first-order chi connectivity index (χ1) is 18.7. The van der Waals surface area contributed by atoms with Gasteiger partial charge >= 0.3 is 7.12 Å².